The second kappa shape index (κ2) is 7.91. The van der Waals surface area contributed by atoms with Crippen molar-refractivity contribution in [2.45, 2.75) is 19.4 Å². The van der Waals surface area contributed by atoms with Gasteiger partial charge >= 0.3 is 6.03 Å². The first kappa shape index (κ1) is 15.7. The zero-order valence-corrected chi connectivity index (χ0v) is 9.74. The number of aliphatic hydroxyl groups excluding tert-OH is 1. The first-order valence-electron chi connectivity index (χ1n) is 5.08. The largest absolute Gasteiger partial charge is 0.395 e. The van der Waals surface area contributed by atoms with Gasteiger partial charge in [-0.2, -0.15) is 0 Å². The molecule has 0 fully saturated rings. The summed E-state index contributed by atoms with van der Waals surface area (Å²) in [6, 6.07) is -1.63. The van der Waals surface area contributed by atoms with E-state index in [9.17, 15) is 18.4 Å². The number of hydrogen-bond acceptors (Lipinski definition) is 4. The van der Waals surface area contributed by atoms with Crippen LogP contribution < -0.4 is 10.6 Å². The molecule has 0 bridgehead atoms. The molecule has 0 radical (unpaired) electrons. The highest BCUT2D eigenvalue weighted by atomic mass is 19.3. The quantitative estimate of drug-likeness (QED) is 0.590. The molecular formula is C9H17F2N3O3. The van der Waals surface area contributed by atoms with Gasteiger partial charge in [-0.1, -0.05) is 0 Å². The number of rotatable bonds is 6. The smallest absolute Gasteiger partial charge is 0.321 e. The predicted octanol–water partition coefficient (Wildman–Crippen LogP) is -0.610. The van der Waals surface area contributed by atoms with Crippen molar-refractivity contribution < 1.29 is 23.5 Å². The molecule has 3 amide bonds. The Bertz CT molecular complexity index is 264. The lowest BCUT2D eigenvalue weighted by Gasteiger charge is -2.26. The maximum Gasteiger partial charge on any atom is 0.321 e. The lowest BCUT2D eigenvalue weighted by atomic mass is 10.2. The number of hydrogen-bond donors (Lipinski definition) is 3. The third-order valence-corrected chi connectivity index (χ3v) is 2.15. The zero-order valence-electron chi connectivity index (χ0n) is 9.74. The third-order valence-electron chi connectivity index (χ3n) is 2.15. The van der Waals surface area contributed by atoms with Crippen LogP contribution in [0.25, 0.3) is 0 Å². The number of alkyl halides is 2. The van der Waals surface area contributed by atoms with Gasteiger partial charge in [0.05, 0.1) is 19.2 Å². The summed E-state index contributed by atoms with van der Waals surface area (Å²) in [6.45, 7) is 0.343. The van der Waals surface area contributed by atoms with Crippen molar-refractivity contribution in [3.63, 3.8) is 0 Å². The summed E-state index contributed by atoms with van der Waals surface area (Å²) < 4.78 is 24.5. The van der Waals surface area contributed by atoms with Gasteiger partial charge in [0.2, 0.25) is 5.91 Å². The molecule has 3 N–H and O–H groups in total. The Morgan fingerprint density at radius 2 is 2.00 bits per heavy atom. The molecule has 1 atom stereocenters. The number of carbonyl (C=O) groups is 2. The van der Waals surface area contributed by atoms with E-state index in [0.29, 0.717) is 0 Å². The Balaban J connectivity index is 4.42. The van der Waals surface area contributed by atoms with Gasteiger partial charge in [0.1, 0.15) is 0 Å². The fourth-order valence-electron chi connectivity index (χ4n) is 1.19. The fourth-order valence-corrected chi connectivity index (χ4v) is 1.19. The first-order valence-corrected chi connectivity index (χ1v) is 5.08. The van der Waals surface area contributed by atoms with Crippen LogP contribution in [-0.2, 0) is 4.79 Å². The van der Waals surface area contributed by atoms with Crippen LogP contribution in [0.2, 0.25) is 0 Å². The molecule has 0 aromatic rings. The number of aliphatic hydroxyl groups is 1. The number of urea groups is 1. The van der Waals surface area contributed by atoms with Gasteiger partial charge in [0, 0.05) is 13.6 Å². The lowest BCUT2D eigenvalue weighted by Crippen LogP contribution is -2.50. The van der Waals surface area contributed by atoms with Gasteiger partial charge in [-0.15, -0.1) is 0 Å². The normalized spacial score (nSPS) is 12.6. The predicted molar refractivity (Wildman–Crippen MR) is 56.7 cm³/mol. The van der Waals surface area contributed by atoms with E-state index in [4.69, 9.17) is 5.11 Å². The molecule has 0 rings (SSSR count). The van der Waals surface area contributed by atoms with E-state index in [1.807, 2.05) is 5.32 Å². The summed E-state index contributed by atoms with van der Waals surface area (Å²) in [5.41, 5.74) is 0. The van der Waals surface area contributed by atoms with Crippen molar-refractivity contribution in [1.82, 2.24) is 15.5 Å². The van der Waals surface area contributed by atoms with Crippen LogP contribution >= 0.6 is 0 Å². The van der Waals surface area contributed by atoms with Crippen molar-refractivity contribution in [3.05, 3.63) is 0 Å². The molecule has 0 heterocycles. The van der Waals surface area contributed by atoms with Crippen LogP contribution in [0.1, 0.15) is 6.92 Å². The number of nitrogens with one attached hydrogen (secondary N) is 2. The standard InChI is InChI=1S/C9H17F2N3O3/c1-6(8(16)13-9(17)12-2)14(3-4-15)5-7(10)11/h6-7,15H,3-5H2,1-2H3,(H2,12,13,16,17). The van der Waals surface area contributed by atoms with Gasteiger partial charge in [-0.05, 0) is 6.92 Å². The molecule has 0 saturated carbocycles. The number of carbonyl (C=O) groups excluding carboxylic acids is 2. The Kier molecular flexibility index (Phi) is 7.31. The maximum absolute atomic E-state index is 12.2. The molecule has 0 aromatic carbocycles. The average Bonchev–Trinajstić information content (AvgIpc) is 2.26. The van der Waals surface area contributed by atoms with Crippen LogP contribution in [-0.4, -0.2) is 61.2 Å². The SMILES string of the molecule is CNC(=O)NC(=O)C(C)N(CCO)CC(F)F. The van der Waals surface area contributed by atoms with Crippen molar-refractivity contribution >= 4 is 11.9 Å². The number of amides is 3. The van der Waals surface area contributed by atoms with Crippen molar-refractivity contribution in [2.75, 3.05) is 26.7 Å². The molecule has 0 aliphatic rings. The monoisotopic (exact) mass is 253 g/mol. The summed E-state index contributed by atoms with van der Waals surface area (Å²) in [6.07, 6.45) is -2.61. The van der Waals surface area contributed by atoms with Gasteiger partial charge < -0.3 is 10.4 Å². The molecule has 0 saturated heterocycles. The fraction of sp³-hybridized carbons (Fsp3) is 0.778. The van der Waals surface area contributed by atoms with E-state index in [0.717, 1.165) is 4.90 Å². The Morgan fingerprint density at radius 1 is 1.41 bits per heavy atom. The molecule has 0 aliphatic carbocycles. The van der Waals surface area contributed by atoms with E-state index < -0.39 is 31.0 Å². The summed E-state index contributed by atoms with van der Waals surface area (Å²) in [5, 5.41) is 12.9. The molecular weight excluding hydrogens is 236 g/mol. The molecule has 17 heavy (non-hydrogen) atoms. The molecule has 0 aliphatic heterocycles. The van der Waals surface area contributed by atoms with E-state index in [2.05, 4.69) is 5.32 Å². The van der Waals surface area contributed by atoms with Crippen LogP contribution in [0.4, 0.5) is 13.6 Å². The highest BCUT2D eigenvalue weighted by molar-refractivity contribution is 5.96. The summed E-state index contributed by atoms with van der Waals surface area (Å²) in [7, 11) is 1.33. The minimum Gasteiger partial charge on any atom is -0.395 e. The Labute approximate surface area is 98.0 Å². The molecule has 8 heteroatoms. The zero-order chi connectivity index (χ0) is 13.4. The van der Waals surface area contributed by atoms with Gasteiger partial charge in [0.25, 0.3) is 6.43 Å². The van der Waals surface area contributed by atoms with Gasteiger partial charge in [-0.25, -0.2) is 13.6 Å². The second-order valence-electron chi connectivity index (χ2n) is 3.35. The minimum absolute atomic E-state index is 0.0628. The van der Waals surface area contributed by atoms with Crippen molar-refractivity contribution in [2.24, 2.45) is 0 Å². The maximum atomic E-state index is 12.2. The summed E-state index contributed by atoms with van der Waals surface area (Å²) in [5.74, 6) is -0.696. The minimum atomic E-state index is -2.61. The molecule has 1 unspecified atom stereocenters. The van der Waals surface area contributed by atoms with Crippen LogP contribution in [0, 0.1) is 0 Å². The number of halogens is 2. The highest BCUT2D eigenvalue weighted by Gasteiger charge is 2.24. The summed E-state index contributed by atoms with van der Waals surface area (Å²) >= 11 is 0. The lowest BCUT2D eigenvalue weighted by molar-refractivity contribution is -0.125. The number of nitrogens with zero attached hydrogens (tertiary/aromatic N) is 1. The van der Waals surface area contributed by atoms with Crippen LogP contribution in [0.15, 0.2) is 0 Å². The van der Waals surface area contributed by atoms with E-state index in [1.54, 1.807) is 0 Å². The topological polar surface area (TPSA) is 81.7 Å². The van der Waals surface area contributed by atoms with Gasteiger partial charge in [0.15, 0.2) is 0 Å². The molecule has 100 valence electrons. The van der Waals surface area contributed by atoms with Crippen molar-refractivity contribution in [1.29, 1.82) is 0 Å². The Hall–Kier alpha value is -1.28. The molecule has 0 aromatic heterocycles. The van der Waals surface area contributed by atoms with Crippen LogP contribution in [0.5, 0.6) is 0 Å². The summed E-state index contributed by atoms with van der Waals surface area (Å²) in [4.78, 5) is 23.4. The van der Waals surface area contributed by atoms with E-state index in [-0.39, 0.29) is 13.2 Å². The Morgan fingerprint density at radius 3 is 2.41 bits per heavy atom. The highest BCUT2D eigenvalue weighted by Crippen LogP contribution is 2.04. The average molecular weight is 253 g/mol. The van der Waals surface area contributed by atoms with Gasteiger partial charge in [-0.3, -0.25) is 15.0 Å². The van der Waals surface area contributed by atoms with E-state index >= 15 is 0 Å². The van der Waals surface area contributed by atoms with E-state index in [1.165, 1.54) is 14.0 Å². The first-order chi connectivity index (χ1) is 7.92. The number of imide groups is 1. The molecule has 0 spiro atoms. The van der Waals surface area contributed by atoms with Crippen LogP contribution in [0.3, 0.4) is 0 Å². The van der Waals surface area contributed by atoms with Crippen molar-refractivity contribution in [3.8, 4) is 0 Å². The second-order valence-corrected chi connectivity index (χ2v) is 3.35. The molecule has 6 nitrogen and oxygen atoms in total. The third kappa shape index (κ3) is 6.12.